The van der Waals surface area contributed by atoms with Gasteiger partial charge >= 0.3 is 0 Å². The molecule has 0 fully saturated rings. The summed E-state index contributed by atoms with van der Waals surface area (Å²) < 4.78 is 5.63. The molecule has 0 heterocycles. The van der Waals surface area contributed by atoms with E-state index in [-0.39, 0.29) is 17.4 Å². The van der Waals surface area contributed by atoms with E-state index in [0.717, 1.165) is 24.2 Å². The summed E-state index contributed by atoms with van der Waals surface area (Å²) in [7, 11) is 0. The van der Waals surface area contributed by atoms with Crippen molar-refractivity contribution in [2.45, 2.75) is 25.7 Å². The number of para-hydroxylation sites is 1. The van der Waals surface area contributed by atoms with Crippen molar-refractivity contribution in [3.05, 3.63) is 54.1 Å². The van der Waals surface area contributed by atoms with Crippen LogP contribution in [0, 0.1) is 0 Å². The molecule has 0 spiro atoms. The Morgan fingerprint density at radius 1 is 1.05 bits per heavy atom. The van der Waals surface area contributed by atoms with Gasteiger partial charge < -0.3 is 14.9 Å². The maximum Gasteiger partial charge on any atom is 0.119 e. The quantitative estimate of drug-likeness (QED) is 0.616. The number of aromatic hydroxyl groups is 2. The van der Waals surface area contributed by atoms with Crippen molar-refractivity contribution in [2.75, 3.05) is 6.61 Å². The Morgan fingerprint density at radius 2 is 1.80 bits per heavy atom. The first-order valence-electron chi connectivity index (χ1n) is 6.86. The molecule has 1 atom stereocenters. The zero-order chi connectivity index (χ0) is 14.4. The van der Waals surface area contributed by atoms with E-state index in [1.807, 2.05) is 37.3 Å². The molecular formula is C17H20O3. The average molecular weight is 272 g/mol. The monoisotopic (exact) mass is 272 g/mol. The minimum absolute atomic E-state index is 0.182. The van der Waals surface area contributed by atoms with Gasteiger partial charge in [0.15, 0.2) is 0 Å². The zero-order valence-electron chi connectivity index (χ0n) is 11.6. The topological polar surface area (TPSA) is 49.7 Å². The van der Waals surface area contributed by atoms with E-state index in [1.54, 1.807) is 6.07 Å². The van der Waals surface area contributed by atoms with Gasteiger partial charge in [0.05, 0.1) is 6.61 Å². The molecule has 0 saturated carbocycles. The lowest BCUT2D eigenvalue weighted by Crippen LogP contribution is -2.01. The Morgan fingerprint density at radius 3 is 2.55 bits per heavy atom. The van der Waals surface area contributed by atoms with Gasteiger partial charge in [-0.15, -0.1) is 0 Å². The number of hydrogen-bond donors (Lipinski definition) is 2. The van der Waals surface area contributed by atoms with E-state index in [0.29, 0.717) is 6.61 Å². The summed E-state index contributed by atoms with van der Waals surface area (Å²) >= 11 is 0. The molecule has 2 aromatic carbocycles. The molecule has 3 heteroatoms. The molecule has 0 aromatic heterocycles. The van der Waals surface area contributed by atoms with Gasteiger partial charge in [-0.2, -0.15) is 0 Å². The van der Waals surface area contributed by atoms with Crippen LogP contribution in [0.25, 0.3) is 0 Å². The van der Waals surface area contributed by atoms with Crippen molar-refractivity contribution in [3.63, 3.8) is 0 Å². The highest BCUT2D eigenvalue weighted by atomic mass is 16.5. The molecule has 0 aliphatic carbocycles. The third kappa shape index (κ3) is 3.92. The molecule has 1 unspecified atom stereocenters. The van der Waals surface area contributed by atoms with Crippen LogP contribution < -0.4 is 4.74 Å². The second-order valence-corrected chi connectivity index (χ2v) is 4.95. The first-order valence-corrected chi connectivity index (χ1v) is 6.86. The average Bonchev–Trinajstić information content (AvgIpc) is 2.47. The summed E-state index contributed by atoms with van der Waals surface area (Å²) in [5, 5.41) is 19.3. The Hall–Kier alpha value is -2.16. The summed E-state index contributed by atoms with van der Waals surface area (Å²) in [6.07, 6.45) is 1.79. The predicted molar refractivity (Wildman–Crippen MR) is 79.4 cm³/mol. The van der Waals surface area contributed by atoms with Gasteiger partial charge in [0.1, 0.15) is 17.2 Å². The highest BCUT2D eigenvalue weighted by Gasteiger charge is 2.11. The van der Waals surface area contributed by atoms with Gasteiger partial charge in [0.2, 0.25) is 0 Å². The molecule has 0 amide bonds. The Labute approximate surface area is 119 Å². The zero-order valence-corrected chi connectivity index (χ0v) is 11.6. The second kappa shape index (κ2) is 6.85. The molecule has 0 radical (unpaired) electrons. The lowest BCUT2D eigenvalue weighted by molar-refractivity contribution is 0.302. The van der Waals surface area contributed by atoms with Crippen LogP contribution in [0.15, 0.2) is 48.5 Å². The Bertz CT molecular complexity index is 537. The van der Waals surface area contributed by atoms with Gasteiger partial charge in [0, 0.05) is 5.56 Å². The molecule has 0 aliphatic heterocycles. The fourth-order valence-corrected chi connectivity index (χ4v) is 2.19. The molecule has 106 valence electrons. The number of benzene rings is 2. The van der Waals surface area contributed by atoms with E-state index >= 15 is 0 Å². The van der Waals surface area contributed by atoms with Crippen LogP contribution >= 0.6 is 0 Å². The lowest BCUT2D eigenvalue weighted by Gasteiger charge is -2.14. The van der Waals surface area contributed by atoms with Crippen molar-refractivity contribution < 1.29 is 14.9 Å². The maximum atomic E-state index is 9.80. The first-order chi connectivity index (χ1) is 9.66. The molecule has 0 bridgehead atoms. The maximum absolute atomic E-state index is 9.80. The molecule has 2 rings (SSSR count). The molecular weight excluding hydrogens is 252 g/mol. The van der Waals surface area contributed by atoms with Crippen LogP contribution in [0.4, 0.5) is 0 Å². The minimum Gasteiger partial charge on any atom is -0.508 e. The smallest absolute Gasteiger partial charge is 0.119 e. The molecule has 2 N–H and O–H groups in total. The van der Waals surface area contributed by atoms with Crippen LogP contribution in [0.2, 0.25) is 0 Å². The van der Waals surface area contributed by atoms with Crippen molar-refractivity contribution in [2.24, 2.45) is 0 Å². The van der Waals surface area contributed by atoms with Crippen LogP contribution in [-0.4, -0.2) is 16.8 Å². The van der Waals surface area contributed by atoms with E-state index in [9.17, 15) is 10.2 Å². The van der Waals surface area contributed by atoms with Crippen molar-refractivity contribution in [1.82, 2.24) is 0 Å². The summed E-state index contributed by atoms with van der Waals surface area (Å²) in [6.45, 7) is 2.69. The summed E-state index contributed by atoms with van der Waals surface area (Å²) in [5.74, 6) is 1.48. The van der Waals surface area contributed by atoms with Crippen LogP contribution in [-0.2, 0) is 0 Å². The van der Waals surface area contributed by atoms with Crippen LogP contribution in [0.5, 0.6) is 17.2 Å². The lowest BCUT2D eigenvalue weighted by atomic mass is 9.95. The summed E-state index contributed by atoms with van der Waals surface area (Å²) in [4.78, 5) is 0. The number of phenols is 2. The van der Waals surface area contributed by atoms with Gasteiger partial charge in [0.25, 0.3) is 0 Å². The fourth-order valence-electron chi connectivity index (χ4n) is 2.19. The van der Waals surface area contributed by atoms with Crippen LogP contribution in [0.3, 0.4) is 0 Å². The van der Waals surface area contributed by atoms with Crippen molar-refractivity contribution in [3.8, 4) is 17.2 Å². The fraction of sp³-hybridized carbons (Fsp3) is 0.294. The molecule has 0 saturated heterocycles. The third-order valence-electron chi connectivity index (χ3n) is 3.34. The highest BCUT2D eigenvalue weighted by Crippen LogP contribution is 2.31. The second-order valence-electron chi connectivity index (χ2n) is 4.95. The number of ether oxygens (including phenoxy) is 1. The van der Waals surface area contributed by atoms with Gasteiger partial charge in [-0.3, -0.25) is 0 Å². The minimum atomic E-state index is 0.182. The summed E-state index contributed by atoms with van der Waals surface area (Å²) in [6, 6.07) is 14.4. The molecule has 20 heavy (non-hydrogen) atoms. The Balaban J connectivity index is 1.80. The number of phenolic OH excluding ortho intramolecular Hbond substituents is 2. The standard InChI is InChI=1S/C17H20O3/c1-13(16-12-14(18)9-10-17(16)19)6-5-11-20-15-7-3-2-4-8-15/h2-4,7-10,12-13,18-19H,5-6,11H2,1H3. The molecule has 0 aliphatic rings. The van der Waals surface area contributed by atoms with E-state index in [4.69, 9.17) is 4.74 Å². The van der Waals surface area contributed by atoms with Crippen molar-refractivity contribution >= 4 is 0 Å². The van der Waals surface area contributed by atoms with E-state index in [2.05, 4.69) is 0 Å². The predicted octanol–water partition coefficient (Wildman–Crippen LogP) is 4.06. The normalized spacial score (nSPS) is 12.1. The first kappa shape index (κ1) is 14.3. The Kier molecular flexibility index (Phi) is 4.88. The third-order valence-corrected chi connectivity index (χ3v) is 3.34. The van der Waals surface area contributed by atoms with Gasteiger partial charge in [-0.05, 0) is 49.1 Å². The number of rotatable bonds is 6. The van der Waals surface area contributed by atoms with Gasteiger partial charge in [-0.1, -0.05) is 25.1 Å². The van der Waals surface area contributed by atoms with E-state index in [1.165, 1.54) is 12.1 Å². The van der Waals surface area contributed by atoms with E-state index < -0.39 is 0 Å². The largest absolute Gasteiger partial charge is 0.508 e. The SMILES string of the molecule is CC(CCCOc1ccccc1)c1cc(O)ccc1O. The molecule has 3 nitrogen and oxygen atoms in total. The van der Waals surface area contributed by atoms with Gasteiger partial charge in [-0.25, -0.2) is 0 Å². The number of hydrogen-bond acceptors (Lipinski definition) is 3. The molecule has 2 aromatic rings. The van der Waals surface area contributed by atoms with Crippen molar-refractivity contribution in [1.29, 1.82) is 0 Å². The van der Waals surface area contributed by atoms with Crippen LogP contribution in [0.1, 0.15) is 31.2 Å². The highest BCUT2D eigenvalue weighted by molar-refractivity contribution is 5.40. The summed E-state index contributed by atoms with van der Waals surface area (Å²) in [5.41, 5.74) is 0.782.